The fourth-order valence-electron chi connectivity index (χ4n) is 4.81. The summed E-state index contributed by atoms with van der Waals surface area (Å²) in [5.41, 5.74) is 5.52. The molecular weight excluding hydrogens is 528 g/mol. The lowest BCUT2D eigenvalue weighted by atomic mass is 9.87. The van der Waals surface area contributed by atoms with Crippen molar-refractivity contribution in [2.45, 2.75) is 71.3 Å². The lowest BCUT2D eigenvalue weighted by Gasteiger charge is -2.19. The Morgan fingerprint density at radius 1 is 0.976 bits per heavy atom. The predicted octanol–water partition coefficient (Wildman–Crippen LogP) is 7.81. The molecule has 0 amide bonds. The Morgan fingerprint density at radius 2 is 1.69 bits per heavy atom. The molecule has 2 N–H and O–H groups in total. The van der Waals surface area contributed by atoms with Crippen molar-refractivity contribution in [2.24, 2.45) is 5.92 Å². The molecule has 3 aromatic carbocycles. The van der Waals surface area contributed by atoms with Crippen molar-refractivity contribution >= 4 is 12.0 Å². The first-order valence-electron chi connectivity index (χ1n) is 14.5. The summed E-state index contributed by atoms with van der Waals surface area (Å²) >= 11 is 0. The number of aromatic nitrogens is 2. The largest absolute Gasteiger partial charge is 0.488 e. The quantitative estimate of drug-likeness (QED) is 0.150. The van der Waals surface area contributed by atoms with E-state index in [0.717, 1.165) is 48.1 Å². The van der Waals surface area contributed by atoms with Crippen LogP contribution >= 0.6 is 0 Å². The molecule has 0 spiro atoms. The van der Waals surface area contributed by atoms with Gasteiger partial charge in [0.15, 0.2) is 5.82 Å². The van der Waals surface area contributed by atoms with Crippen LogP contribution in [0, 0.1) is 5.92 Å². The number of aliphatic carboxylic acids is 1. The molecule has 0 aliphatic rings. The summed E-state index contributed by atoms with van der Waals surface area (Å²) < 4.78 is 10.8. The van der Waals surface area contributed by atoms with E-state index < -0.39 is 11.7 Å². The van der Waals surface area contributed by atoms with Gasteiger partial charge < -0.3 is 9.84 Å². The molecule has 1 heterocycles. The summed E-state index contributed by atoms with van der Waals surface area (Å²) in [7, 11) is 0. The van der Waals surface area contributed by atoms with Crippen molar-refractivity contribution in [2.75, 3.05) is 0 Å². The molecule has 42 heavy (non-hydrogen) atoms. The zero-order chi connectivity index (χ0) is 30.0. The molecule has 1 unspecified atom stereocenters. The minimum absolute atomic E-state index is 0.115. The number of allylic oxidation sites excluding steroid dienone is 1. The van der Waals surface area contributed by atoms with Gasteiger partial charge in [-0.25, -0.2) is 4.79 Å². The van der Waals surface area contributed by atoms with Crippen molar-refractivity contribution in [1.29, 1.82) is 0 Å². The summed E-state index contributed by atoms with van der Waals surface area (Å²) in [5, 5.41) is 12.8. The van der Waals surface area contributed by atoms with Gasteiger partial charge in [-0.2, -0.15) is 0 Å². The number of aryl methyl sites for hydroxylation is 1. The van der Waals surface area contributed by atoms with Gasteiger partial charge in [-0.05, 0) is 59.8 Å². The first-order chi connectivity index (χ1) is 20.2. The van der Waals surface area contributed by atoms with E-state index in [0.29, 0.717) is 18.9 Å². The Hall–Kier alpha value is -4.39. The van der Waals surface area contributed by atoms with Gasteiger partial charge in [0.05, 0.1) is 0 Å². The van der Waals surface area contributed by atoms with Crippen LogP contribution in [0.15, 0.2) is 88.2 Å². The highest BCUT2D eigenvalue weighted by Gasteiger charge is 2.13. The Bertz CT molecular complexity index is 1510. The lowest BCUT2D eigenvalue weighted by Crippen LogP contribution is -2.10. The molecule has 0 aliphatic carbocycles. The smallest absolute Gasteiger partial charge is 0.439 e. The van der Waals surface area contributed by atoms with Crippen LogP contribution in [0.2, 0.25) is 0 Å². The molecule has 7 heteroatoms. The number of nitrogens with zero attached hydrogens (tertiary/aromatic N) is 1. The third-order valence-electron chi connectivity index (χ3n) is 7.37. The molecule has 1 aromatic heterocycles. The number of H-pyrrole nitrogens is 1. The highest BCUT2D eigenvalue weighted by Crippen LogP contribution is 2.26. The van der Waals surface area contributed by atoms with E-state index in [1.54, 1.807) is 0 Å². The van der Waals surface area contributed by atoms with Crippen molar-refractivity contribution in [3.8, 4) is 17.1 Å². The number of unbranched alkanes of at least 4 members (excludes halogenated alkanes) is 1. The molecule has 4 aromatic rings. The van der Waals surface area contributed by atoms with E-state index in [4.69, 9.17) is 9.84 Å². The van der Waals surface area contributed by atoms with E-state index in [2.05, 4.69) is 77.9 Å². The third kappa shape index (κ3) is 9.33. The molecule has 220 valence electrons. The molecule has 0 aliphatic heterocycles. The Balaban J connectivity index is 1.40. The summed E-state index contributed by atoms with van der Waals surface area (Å²) in [4.78, 5) is 24.8. The van der Waals surface area contributed by atoms with E-state index >= 15 is 0 Å². The van der Waals surface area contributed by atoms with Crippen LogP contribution in [0.5, 0.6) is 5.75 Å². The molecule has 0 saturated carbocycles. The fourth-order valence-corrected chi connectivity index (χ4v) is 4.81. The first kappa shape index (κ1) is 30.6. The Labute approximate surface area is 247 Å². The second-order valence-electron chi connectivity index (χ2n) is 11.7. The molecule has 4 rings (SSSR count). The van der Waals surface area contributed by atoms with Gasteiger partial charge in [0.1, 0.15) is 12.4 Å². The summed E-state index contributed by atoms with van der Waals surface area (Å²) in [6.07, 6.45) is 8.76. The molecule has 0 fully saturated rings. The summed E-state index contributed by atoms with van der Waals surface area (Å²) in [6.45, 7) is 7.12. The van der Waals surface area contributed by atoms with Gasteiger partial charge in [-0.3, -0.25) is 14.3 Å². The number of para-hydroxylation sites is 1. The maximum absolute atomic E-state index is 11.2. The summed E-state index contributed by atoms with van der Waals surface area (Å²) in [6, 6.07) is 24.5. The molecule has 0 bridgehead atoms. The van der Waals surface area contributed by atoms with Gasteiger partial charge >= 0.3 is 11.7 Å². The highest BCUT2D eigenvalue weighted by molar-refractivity contribution is 5.66. The first-order valence-corrected chi connectivity index (χ1v) is 14.5. The average Bonchev–Trinajstić information content (AvgIpc) is 3.41. The zero-order valence-electron chi connectivity index (χ0n) is 24.6. The molecule has 1 atom stereocenters. The van der Waals surface area contributed by atoms with E-state index in [-0.39, 0.29) is 17.8 Å². The number of rotatable bonds is 14. The number of ether oxygens (including phenoxy) is 1. The SMILES string of the molecule is CC(C)(C)c1ccc(COc2ccccc2C=CC(CCCCC(=O)O)CCc2ccc(-c3noc(=O)[nH]3)cc2)cc1. The summed E-state index contributed by atoms with van der Waals surface area (Å²) in [5.74, 6) is 0.194. The van der Waals surface area contributed by atoms with E-state index in [1.165, 1.54) is 11.1 Å². The number of aromatic amines is 1. The number of carboxylic acid groups (broad SMARTS) is 1. The number of carboxylic acids is 1. The zero-order valence-corrected chi connectivity index (χ0v) is 24.6. The number of carbonyl (C=O) groups is 1. The van der Waals surface area contributed by atoms with Crippen molar-refractivity contribution in [1.82, 2.24) is 10.1 Å². The van der Waals surface area contributed by atoms with Crippen LogP contribution in [0.3, 0.4) is 0 Å². The predicted molar refractivity (Wildman–Crippen MR) is 165 cm³/mol. The average molecular weight is 569 g/mol. The Morgan fingerprint density at radius 3 is 2.36 bits per heavy atom. The Kier molecular flexibility index (Phi) is 10.5. The van der Waals surface area contributed by atoms with Crippen LogP contribution in [0.25, 0.3) is 17.5 Å². The number of nitrogens with one attached hydrogen (secondary N) is 1. The molecule has 0 radical (unpaired) electrons. The number of hydrogen-bond acceptors (Lipinski definition) is 5. The van der Waals surface area contributed by atoms with Crippen LogP contribution in [0.4, 0.5) is 0 Å². The minimum Gasteiger partial charge on any atom is -0.488 e. The maximum Gasteiger partial charge on any atom is 0.439 e. The molecule has 7 nitrogen and oxygen atoms in total. The van der Waals surface area contributed by atoms with Gasteiger partial charge in [-0.15, -0.1) is 0 Å². The highest BCUT2D eigenvalue weighted by atomic mass is 16.5. The number of hydrogen-bond donors (Lipinski definition) is 2. The standard InChI is InChI=1S/C35H40N2O5/c1-35(2,3)30-22-17-27(18-23-30)24-41-31-10-6-5-9-28(31)19-14-25(8-4-7-11-32(38)39)12-13-26-15-20-29(21-16-26)33-36-34(40)42-37-33/h5-6,9-10,14-23,25H,4,7-8,11-13,24H2,1-3H3,(H,38,39)(H,36,37,40). The van der Waals surface area contributed by atoms with Crippen LogP contribution < -0.4 is 10.5 Å². The monoisotopic (exact) mass is 568 g/mol. The van der Waals surface area contributed by atoms with Crippen LogP contribution in [0.1, 0.15) is 75.1 Å². The molecule has 0 saturated heterocycles. The van der Waals surface area contributed by atoms with E-state index in [9.17, 15) is 9.59 Å². The normalized spacial score (nSPS) is 12.5. The van der Waals surface area contributed by atoms with Gasteiger partial charge in [0.2, 0.25) is 0 Å². The fraction of sp³-hybridized carbons (Fsp3) is 0.343. The third-order valence-corrected chi connectivity index (χ3v) is 7.37. The van der Waals surface area contributed by atoms with Gasteiger partial charge in [-0.1, -0.05) is 111 Å². The second kappa shape index (κ2) is 14.5. The van der Waals surface area contributed by atoms with Crippen LogP contribution in [-0.2, 0) is 23.2 Å². The topological polar surface area (TPSA) is 105 Å². The van der Waals surface area contributed by atoms with Gasteiger partial charge in [0.25, 0.3) is 0 Å². The van der Waals surface area contributed by atoms with Crippen molar-refractivity contribution in [3.05, 3.63) is 112 Å². The minimum atomic E-state index is -0.755. The lowest BCUT2D eigenvalue weighted by molar-refractivity contribution is -0.137. The van der Waals surface area contributed by atoms with Crippen LogP contribution in [-0.4, -0.2) is 21.2 Å². The van der Waals surface area contributed by atoms with Crippen molar-refractivity contribution < 1.29 is 19.2 Å². The van der Waals surface area contributed by atoms with Crippen molar-refractivity contribution in [3.63, 3.8) is 0 Å². The van der Waals surface area contributed by atoms with Gasteiger partial charge in [0, 0.05) is 17.5 Å². The number of benzene rings is 3. The van der Waals surface area contributed by atoms with E-state index in [1.807, 2.05) is 42.5 Å². The second-order valence-corrected chi connectivity index (χ2v) is 11.7. The molecular formula is C35H40N2O5. The maximum atomic E-state index is 11.2.